The largest absolute Gasteiger partial charge is 0.331 e. The summed E-state index contributed by atoms with van der Waals surface area (Å²) in [4.78, 5) is 18.2. The van der Waals surface area contributed by atoms with Crippen molar-refractivity contribution in [3.8, 4) is 0 Å². The number of carbonyl (C=O) groups is 1. The second-order valence-corrected chi connectivity index (χ2v) is 8.87. The van der Waals surface area contributed by atoms with Crippen molar-refractivity contribution in [2.45, 2.75) is 51.4 Å². The monoisotopic (exact) mass is 373 g/mol. The Bertz CT molecular complexity index is 562. The van der Waals surface area contributed by atoms with Crippen LogP contribution in [0.1, 0.15) is 51.5 Å². The smallest absolute Gasteiger partial charge is 0.319 e. The standard InChI is InChI=1S/C23H39N3O/c1-20(2)12-17-26-18-14-23(15-19-26,21-10-7-6-8-11-21)13-9-16-25(5)22(27)24(3)4/h6-8,10-11,20H,9,12-19H2,1-5H3. The van der Waals surface area contributed by atoms with E-state index in [4.69, 9.17) is 0 Å². The first-order valence-corrected chi connectivity index (χ1v) is 10.5. The van der Waals surface area contributed by atoms with Gasteiger partial charge in [0.05, 0.1) is 0 Å². The molecule has 0 saturated carbocycles. The van der Waals surface area contributed by atoms with Crippen molar-refractivity contribution in [2.75, 3.05) is 47.3 Å². The quantitative estimate of drug-likeness (QED) is 0.673. The fourth-order valence-corrected chi connectivity index (χ4v) is 4.21. The fourth-order valence-electron chi connectivity index (χ4n) is 4.21. The number of piperidine rings is 1. The van der Waals surface area contributed by atoms with Crippen LogP contribution >= 0.6 is 0 Å². The van der Waals surface area contributed by atoms with Crippen molar-refractivity contribution in [3.05, 3.63) is 35.9 Å². The van der Waals surface area contributed by atoms with E-state index in [1.807, 2.05) is 26.0 Å². The average molecular weight is 374 g/mol. The van der Waals surface area contributed by atoms with E-state index in [1.54, 1.807) is 4.90 Å². The molecule has 0 N–H and O–H groups in total. The van der Waals surface area contributed by atoms with Crippen molar-refractivity contribution >= 4 is 6.03 Å². The molecule has 0 atom stereocenters. The summed E-state index contributed by atoms with van der Waals surface area (Å²) in [6.07, 6.45) is 5.94. The summed E-state index contributed by atoms with van der Waals surface area (Å²) in [6, 6.07) is 11.1. The summed E-state index contributed by atoms with van der Waals surface area (Å²) < 4.78 is 0. The molecule has 1 fully saturated rings. The number of benzene rings is 1. The molecule has 1 saturated heterocycles. The van der Waals surface area contributed by atoms with Gasteiger partial charge in [-0.3, -0.25) is 0 Å². The van der Waals surface area contributed by atoms with E-state index in [1.165, 1.54) is 44.5 Å². The van der Waals surface area contributed by atoms with Crippen LogP contribution in [0, 0.1) is 5.92 Å². The predicted molar refractivity (Wildman–Crippen MR) is 114 cm³/mol. The van der Waals surface area contributed by atoms with Gasteiger partial charge in [0.1, 0.15) is 0 Å². The lowest BCUT2D eigenvalue weighted by Gasteiger charge is -2.43. The number of rotatable bonds is 8. The summed E-state index contributed by atoms with van der Waals surface area (Å²) >= 11 is 0. The van der Waals surface area contributed by atoms with Gasteiger partial charge in [0.2, 0.25) is 0 Å². The summed E-state index contributed by atoms with van der Waals surface area (Å²) in [5.41, 5.74) is 1.74. The third kappa shape index (κ3) is 6.24. The van der Waals surface area contributed by atoms with Crippen LogP contribution in [0.2, 0.25) is 0 Å². The van der Waals surface area contributed by atoms with E-state index < -0.39 is 0 Å². The highest BCUT2D eigenvalue weighted by Crippen LogP contribution is 2.39. The minimum absolute atomic E-state index is 0.0901. The second kappa shape index (κ2) is 10.1. The zero-order chi connectivity index (χ0) is 19.9. The number of hydrogen-bond donors (Lipinski definition) is 0. The van der Waals surface area contributed by atoms with Gasteiger partial charge in [-0.2, -0.15) is 0 Å². The van der Waals surface area contributed by atoms with Crippen LogP contribution in [-0.4, -0.2) is 68.1 Å². The molecular formula is C23H39N3O. The van der Waals surface area contributed by atoms with Crippen molar-refractivity contribution in [3.63, 3.8) is 0 Å². The molecule has 27 heavy (non-hydrogen) atoms. The SMILES string of the molecule is CC(C)CCN1CCC(CCCN(C)C(=O)N(C)C)(c2ccccc2)CC1. The van der Waals surface area contributed by atoms with Crippen molar-refractivity contribution in [1.82, 2.24) is 14.7 Å². The third-order valence-electron chi connectivity index (χ3n) is 6.08. The molecule has 0 unspecified atom stereocenters. The van der Waals surface area contributed by atoms with E-state index >= 15 is 0 Å². The molecule has 0 radical (unpaired) electrons. The van der Waals surface area contributed by atoms with Crippen LogP contribution in [0.3, 0.4) is 0 Å². The number of urea groups is 1. The molecule has 1 aliphatic rings. The molecule has 2 amide bonds. The van der Waals surface area contributed by atoms with E-state index in [9.17, 15) is 4.79 Å². The first kappa shape index (κ1) is 21.7. The summed E-state index contributed by atoms with van der Waals surface area (Å²) in [5.74, 6) is 0.774. The number of amides is 2. The molecule has 1 aliphatic heterocycles. The Morgan fingerprint density at radius 2 is 1.74 bits per heavy atom. The van der Waals surface area contributed by atoms with E-state index in [0.717, 1.165) is 25.3 Å². The van der Waals surface area contributed by atoms with Gasteiger partial charge >= 0.3 is 6.03 Å². The van der Waals surface area contributed by atoms with Gasteiger partial charge in [-0.05, 0) is 68.6 Å². The zero-order valence-corrected chi connectivity index (χ0v) is 18.1. The van der Waals surface area contributed by atoms with E-state index in [-0.39, 0.29) is 11.4 Å². The average Bonchev–Trinajstić information content (AvgIpc) is 2.67. The minimum atomic E-state index is 0.0901. The van der Waals surface area contributed by atoms with Crippen LogP contribution in [0.15, 0.2) is 30.3 Å². The van der Waals surface area contributed by atoms with Crippen LogP contribution in [-0.2, 0) is 5.41 Å². The van der Waals surface area contributed by atoms with Crippen LogP contribution in [0.4, 0.5) is 4.79 Å². The van der Waals surface area contributed by atoms with Crippen molar-refractivity contribution in [1.29, 1.82) is 0 Å². The van der Waals surface area contributed by atoms with Gasteiger partial charge < -0.3 is 14.7 Å². The summed E-state index contributed by atoms with van der Waals surface area (Å²) in [7, 11) is 5.54. The Hall–Kier alpha value is -1.55. The van der Waals surface area contributed by atoms with Crippen molar-refractivity contribution in [2.24, 2.45) is 5.92 Å². The Balaban J connectivity index is 1.98. The molecule has 152 valence electrons. The van der Waals surface area contributed by atoms with Gasteiger partial charge in [0.25, 0.3) is 0 Å². The molecule has 0 aromatic heterocycles. The molecule has 4 nitrogen and oxygen atoms in total. The Kier molecular flexibility index (Phi) is 8.15. The first-order chi connectivity index (χ1) is 12.8. The number of hydrogen-bond acceptors (Lipinski definition) is 2. The molecule has 0 aliphatic carbocycles. The van der Waals surface area contributed by atoms with E-state index in [0.29, 0.717) is 0 Å². The highest BCUT2D eigenvalue weighted by molar-refractivity contribution is 5.73. The lowest BCUT2D eigenvalue weighted by Crippen LogP contribution is -2.44. The normalized spacial score (nSPS) is 17.1. The second-order valence-electron chi connectivity index (χ2n) is 8.87. The number of nitrogens with zero attached hydrogens (tertiary/aromatic N) is 3. The maximum absolute atomic E-state index is 12.1. The maximum atomic E-state index is 12.1. The minimum Gasteiger partial charge on any atom is -0.331 e. The van der Waals surface area contributed by atoms with Crippen LogP contribution in [0.25, 0.3) is 0 Å². The summed E-state index contributed by atoms with van der Waals surface area (Å²) in [6.45, 7) is 9.04. The van der Waals surface area contributed by atoms with E-state index in [2.05, 4.69) is 49.1 Å². The Morgan fingerprint density at radius 1 is 1.11 bits per heavy atom. The van der Waals surface area contributed by atoms with Gasteiger partial charge in [0.15, 0.2) is 0 Å². The van der Waals surface area contributed by atoms with Gasteiger partial charge in [-0.25, -0.2) is 4.79 Å². The maximum Gasteiger partial charge on any atom is 0.319 e. The lowest BCUT2D eigenvalue weighted by molar-refractivity contribution is 0.140. The molecular weight excluding hydrogens is 334 g/mol. The fraction of sp³-hybridized carbons (Fsp3) is 0.696. The lowest BCUT2D eigenvalue weighted by atomic mass is 9.69. The predicted octanol–water partition coefficient (Wildman–Crippen LogP) is 4.46. The van der Waals surface area contributed by atoms with Gasteiger partial charge in [-0.15, -0.1) is 0 Å². The molecule has 0 bridgehead atoms. The Morgan fingerprint density at radius 3 is 2.30 bits per heavy atom. The highest BCUT2D eigenvalue weighted by atomic mass is 16.2. The zero-order valence-electron chi connectivity index (χ0n) is 18.1. The molecule has 4 heteroatoms. The van der Waals surface area contributed by atoms with Crippen molar-refractivity contribution < 1.29 is 4.79 Å². The molecule has 0 spiro atoms. The van der Waals surface area contributed by atoms with Gasteiger partial charge in [0, 0.05) is 27.7 Å². The topological polar surface area (TPSA) is 26.8 Å². The Labute approximate surface area is 166 Å². The molecule has 1 aromatic carbocycles. The number of carbonyl (C=O) groups excluding carboxylic acids is 1. The first-order valence-electron chi connectivity index (χ1n) is 10.5. The van der Waals surface area contributed by atoms with Gasteiger partial charge in [-0.1, -0.05) is 44.2 Å². The third-order valence-corrected chi connectivity index (χ3v) is 6.08. The highest BCUT2D eigenvalue weighted by Gasteiger charge is 2.35. The molecule has 1 heterocycles. The summed E-state index contributed by atoms with van der Waals surface area (Å²) in [5, 5.41) is 0. The number of likely N-dealkylation sites (tertiary alicyclic amines) is 1. The molecule has 2 rings (SSSR count). The van der Waals surface area contributed by atoms with Crippen LogP contribution in [0.5, 0.6) is 0 Å². The molecule has 1 aromatic rings. The van der Waals surface area contributed by atoms with Crippen LogP contribution < -0.4 is 0 Å².